The van der Waals surface area contributed by atoms with E-state index in [2.05, 4.69) is 10.3 Å². The lowest BCUT2D eigenvalue weighted by Crippen LogP contribution is -2.44. The van der Waals surface area contributed by atoms with Gasteiger partial charge in [0.1, 0.15) is 6.23 Å². The van der Waals surface area contributed by atoms with E-state index in [1.165, 1.54) is 5.57 Å². The van der Waals surface area contributed by atoms with Gasteiger partial charge in [-0.05, 0) is 34.7 Å². The first-order valence-corrected chi connectivity index (χ1v) is 5.28. The van der Waals surface area contributed by atoms with Gasteiger partial charge >= 0.3 is 0 Å². The number of hydrogen-bond acceptors (Lipinski definition) is 3. The zero-order valence-electron chi connectivity index (χ0n) is 11.0. The molecule has 1 atom stereocenters. The molecule has 0 amide bonds. The first-order chi connectivity index (χ1) is 6.73. The Balaban J connectivity index is 5.00. The van der Waals surface area contributed by atoms with Gasteiger partial charge in [0.15, 0.2) is 0 Å². The second-order valence-corrected chi connectivity index (χ2v) is 4.70. The molecule has 0 heterocycles. The third kappa shape index (κ3) is 3.76. The number of aliphatic hydroxyl groups excluding tert-OH is 1. The lowest BCUT2D eigenvalue weighted by Gasteiger charge is -2.30. The molecule has 0 aromatic carbocycles. The molecule has 0 saturated heterocycles. The third-order valence-corrected chi connectivity index (χ3v) is 2.95. The quantitative estimate of drug-likeness (QED) is 0.555. The Bertz CT molecular complexity index is 273. The average molecular weight is 212 g/mol. The number of nitrogens with zero attached hydrogens (tertiary/aromatic N) is 1. The monoisotopic (exact) mass is 212 g/mol. The highest BCUT2D eigenvalue weighted by Gasteiger charge is 2.29. The van der Waals surface area contributed by atoms with Crippen molar-refractivity contribution in [1.82, 2.24) is 5.32 Å². The molecule has 0 aromatic rings. The maximum Gasteiger partial charge on any atom is 0.115 e. The fraction of sp³-hybridized carbons (Fsp3) is 0.750. The molecular formula is C12H24N2O. The SMILES string of the molecule is CNC(O)C(C)(C)C(C)=NC(C)=C(C)C. The van der Waals surface area contributed by atoms with Crippen molar-refractivity contribution in [2.24, 2.45) is 10.4 Å². The van der Waals surface area contributed by atoms with Gasteiger partial charge in [-0.2, -0.15) is 0 Å². The van der Waals surface area contributed by atoms with Crippen LogP contribution in [0.25, 0.3) is 0 Å². The molecule has 0 aliphatic carbocycles. The van der Waals surface area contributed by atoms with Gasteiger partial charge < -0.3 is 5.11 Å². The summed E-state index contributed by atoms with van der Waals surface area (Å²) in [6.07, 6.45) is -0.578. The molecule has 3 heteroatoms. The van der Waals surface area contributed by atoms with E-state index in [4.69, 9.17) is 0 Å². The van der Waals surface area contributed by atoms with Crippen LogP contribution in [0.1, 0.15) is 41.5 Å². The molecule has 2 N–H and O–H groups in total. The minimum Gasteiger partial charge on any atom is -0.378 e. The Kier molecular flexibility index (Phi) is 5.18. The second-order valence-electron chi connectivity index (χ2n) is 4.70. The molecule has 0 aromatic heterocycles. The van der Waals surface area contributed by atoms with E-state index >= 15 is 0 Å². The Morgan fingerprint density at radius 2 is 1.67 bits per heavy atom. The summed E-state index contributed by atoms with van der Waals surface area (Å²) in [6.45, 7) is 12.0. The van der Waals surface area contributed by atoms with Gasteiger partial charge in [-0.15, -0.1) is 0 Å². The van der Waals surface area contributed by atoms with Crippen LogP contribution in [-0.4, -0.2) is 24.1 Å². The van der Waals surface area contributed by atoms with Crippen LogP contribution in [0, 0.1) is 5.41 Å². The van der Waals surface area contributed by atoms with Crippen LogP contribution < -0.4 is 5.32 Å². The van der Waals surface area contributed by atoms with Gasteiger partial charge in [0.05, 0.1) is 0 Å². The van der Waals surface area contributed by atoms with Crippen LogP contribution in [0.2, 0.25) is 0 Å². The summed E-state index contributed by atoms with van der Waals surface area (Å²) >= 11 is 0. The zero-order valence-corrected chi connectivity index (χ0v) is 11.0. The van der Waals surface area contributed by atoms with Crippen LogP contribution in [0.5, 0.6) is 0 Å². The van der Waals surface area contributed by atoms with Gasteiger partial charge in [-0.3, -0.25) is 10.3 Å². The molecular weight excluding hydrogens is 188 g/mol. The first kappa shape index (κ1) is 14.3. The number of aliphatic imine (C=N–C) groups is 1. The van der Waals surface area contributed by atoms with Crippen LogP contribution in [0.3, 0.4) is 0 Å². The van der Waals surface area contributed by atoms with E-state index in [0.29, 0.717) is 0 Å². The maximum atomic E-state index is 9.80. The van der Waals surface area contributed by atoms with Crippen molar-refractivity contribution < 1.29 is 5.11 Å². The summed E-state index contributed by atoms with van der Waals surface area (Å²) in [5.74, 6) is 0. The predicted molar refractivity (Wildman–Crippen MR) is 66.0 cm³/mol. The summed E-state index contributed by atoms with van der Waals surface area (Å²) in [4.78, 5) is 4.51. The van der Waals surface area contributed by atoms with Crippen molar-refractivity contribution in [3.05, 3.63) is 11.3 Å². The first-order valence-electron chi connectivity index (χ1n) is 5.28. The highest BCUT2D eigenvalue weighted by atomic mass is 16.3. The second kappa shape index (κ2) is 5.42. The van der Waals surface area contributed by atoms with Gasteiger partial charge in [0.25, 0.3) is 0 Å². The number of allylic oxidation sites excluding steroid dienone is 2. The fourth-order valence-corrected chi connectivity index (χ4v) is 1.07. The van der Waals surface area contributed by atoms with Gasteiger partial charge in [-0.25, -0.2) is 0 Å². The molecule has 0 aliphatic heterocycles. The molecule has 88 valence electrons. The standard InChI is InChI=1S/C12H24N2O/c1-8(2)9(3)14-10(4)12(5,6)11(15)13-7/h11,13,15H,1-7H3. The van der Waals surface area contributed by atoms with E-state index in [1.54, 1.807) is 7.05 Å². The number of hydrogen-bond donors (Lipinski definition) is 2. The maximum absolute atomic E-state index is 9.80. The molecule has 0 spiro atoms. The van der Waals surface area contributed by atoms with Crippen molar-refractivity contribution in [3.63, 3.8) is 0 Å². The fourth-order valence-electron chi connectivity index (χ4n) is 1.07. The number of nitrogens with one attached hydrogen (secondary N) is 1. The van der Waals surface area contributed by atoms with Crippen LogP contribution in [-0.2, 0) is 0 Å². The molecule has 0 rings (SSSR count). The van der Waals surface area contributed by atoms with Crippen LogP contribution in [0.4, 0.5) is 0 Å². The van der Waals surface area contributed by atoms with Gasteiger partial charge in [-0.1, -0.05) is 19.4 Å². The molecule has 3 nitrogen and oxygen atoms in total. The number of rotatable bonds is 4. The average Bonchev–Trinajstić information content (AvgIpc) is 2.15. The summed E-state index contributed by atoms with van der Waals surface area (Å²) in [5.41, 5.74) is 2.79. The minimum atomic E-state index is -0.578. The topological polar surface area (TPSA) is 44.6 Å². The molecule has 0 bridgehead atoms. The van der Waals surface area contributed by atoms with Crippen molar-refractivity contribution in [3.8, 4) is 0 Å². The summed E-state index contributed by atoms with van der Waals surface area (Å²) in [6, 6.07) is 0. The van der Waals surface area contributed by atoms with Gasteiger partial charge in [0, 0.05) is 16.8 Å². The molecule has 1 unspecified atom stereocenters. The Hall–Kier alpha value is -0.670. The number of aliphatic hydroxyl groups is 1. The Labute approximate surface area is 93.3 Å². The molecule has 0 fully saturated rings. The van der Waals surface area contributed by atoms with Crippen molar-refractivity contribution >= 4 is 5.71 Å². The largest absolute Gasteiger partial charge is 0.378 e. The normalized spacial score (nSPS) is 15.1. The summed E-state index contributed by atoms with van der Waals surface area (Å²) in [5, 5.41) is 12.6. The lowest BCUT2D eigenvalue weighted by molar-refractivity contribution is 0.0687. The highest BCUT2D eigenvalue weighted by Crippen LogP contribution is 2.22. The van der Waals surface area contributed by atoms with E-state index in [0.717, 1.165) is 11.4 Å². The Morgan fingerprint density at radius 3 is 2.00 bits per heavy atom. The van der Waals surface area contributed by atoms with Gasteiger partial charge in [0.2, 0.25) is 0 Å². The third-order valence-electron chi connectivity index (χ3n) is 2.95. The van der Waals surface area contributed by atoms with E-state index < -0.39 is 6.23 Å². The minimum absolute atomic E-state index is 0.356. The Morgan fingerprint density at radius 1 is 1.20 bits per heavy atom. The van der Waals surface area contributed by atoms with Crippen molar-refractivity contribution in [2.75, 3.05) is 7.05 Å². The lowest BCUT2D eigenvalue weighted by atomic mass is 9.86. The zero-order chi connectivity index (χ0) is 12.2. The smallest absolute Gasteiger partial charge is 0.115 e. The van der Waals surface area contributed by atoms with Crippen LogP contribution in [0.15, 0.2) is 16.3 Å². The van der Waals surface area contributed by atoms with Crippen molar-refractivity contribution in [2.45, 2.75) is 47.8 Å². The highest BCUT2D eigenvalue weighted by molar-refractivity contribution is 5.88. The van der Waals surface area contributed by atoms with E-state index in [9.17, 15) is 5.11 Å². The predicted octanol–water partition coefficient (Wildman–Crippen LogP) is 2.33. The van der Waals surface area contributed by atoms with Crippen molar-refractivity contribution in [1.29, 1.82) is 0 Å². The molecule has 0 aliphatic rings. The van der Waals surface area contributed by atoms with Crippen LogP contribution >= 0.6 is 0 Å². The molecule has 0 saturated carbocycles. The summed E-state index contributed by atoms with van der Waals surface area (Å²) in [7, 11) is 1.74. The molecule has 0 radical (unpaired) electrons. The van der Waals surface area contributed by atoms with E-state index in [-0.39, 0.29) is 5.41 Å². The van der Waals surface area contributed by atoms with E-state index in [1.807, 2.05) is 41.5 Å². The molecule has 15 heavy (non-hydrogen) atoms. The summed E-state index contributed by atoms with van der Waals surface area (Å²) < 4.78 is 0.